The fourth-order valence-electron chi connectivity index (χ4n) is 4.53. The SMILES string of the molecule is Cc1cnc(CN(Cc2ccc(C#N)cc2CO)C2CCCc3cccnc32)c(C)c1. The summed E-state index contributed by atoms with van der Waals surface area (Å²) in [6, 6.07) is 14.3. The van der Waals surface area contributed by atoms with Crippen molar-refractivity contribution in [3.63, 3.8) is 0 Å². The topological polar surface area (TPSA) is 73.0 Å². The molecule has 4 rings (SSSR count). The first-order valence-corrected chi connectivity index (χ1v) is 10.8. The second kappa shape index (κ2) is 9.38. The Morgan fingerprint density at radius 1 is 1.13 bits per heavy atom. The van der Waals surface area contributed by atoms with Crippen LogP contribution in [-0.2, 0) is 26.1 Å². The summed E-state index contributed by atoms with van der Waals surface area (Å²) in [5.74, 6) is 0. The predicted molar refractivity (Wildman–Crippen MR) is 120 cm³/mol. The molecule has 5 heteroatoms. The summed E-state index contributed by atoms with van der Waals surface area (Å²) >= 11 is 0. The van der Waals surface area contributed by atoms with E-state index in [0.717, 1.165) is 47.3 Å². The Kier molecular flexibility index (Phi) is 6.41. The van der Waals surface area contributed by atoms with Crippen molar-refractivity contribution in [2.75, 3.05) is 0 Å². The predicted octanol–water partition coefficient (Wildman–Crippen LogP) is 4.54. The molecule has 0 aliphatic heterocycles. The lowest BCUT2D eigenvalue weighted by Crippen LogP contribution is -2.32. The maximum absolute atomic E-state index is 9.93. The van der Waals surface area contributed by atoms with E-state index in [1.54, 1.807) is 6.07 Å². The highest BCUT2D eigenvalue weighted by Crippen LogP contribution is 2.35. The standard InChI is InChI=1S/C26H28N4O/c1-18-11-19(2)24(29-14-18)16-30(15-22-9-8-20(13-27)12-23(22)17-31)25-7-3-5-21-6-4-10-28-26(21)25/h4,6,8-12,14,25,31H,3,5,7,15-17H2,1-2H3. The summed E-state index contributed by atoms with van der Waals surface area (Å²) in [4.78, 5) is 11.9. The average molecular weight is 413 g/mol. The van der Waals surface area contributed by atoms with Gasteiger partial charge in [-0.2, -0.15) is 5.26 Å². The first-order chi connectivity index (χ1) is 15.1. The summed E-state index contributed by atoms with van der Waals surface area (Å²) < 4.78 is 0. The van der Waals surface area contributed by atoms with E-state index in [1.165, 1.54) is 11.1 Å². The summed E-state index contributed by atoms with van der Waals surface area (Å²) in [7, 11) is 0. The van der Waals surface area contributed by atoms with E-state index in [0.29, 0.717) is 18.7 Å². The van der Waals surface area contributed by atoms with E-state index < -0.39 is 0 Å². The molecule has 0 radical (unpaired) electrons. The lowest BCUT2D eigenvalue weighted by Gasteiger charge is -2.35. The van der Waals surface area contributed by atoms with E-state index in [-0.39, 0.29) is 12.6 Å². The quantitative estimate of drug-likeness (QED) is 0.644. The Balaban J connectivity index is 1.72. The van der Waals surface area contributed by atoms with Crippen LogP contribution in [0.4, 0.5) is 0 Å². The number of aliphatic hydroxyl groups is 1. The van der Waals surface area contributed by atoms with Crippen LogP contribution in [0, 0.1) is 25.2 Å². The monoisotopic (exact) mass is 412 g/mol. The zero-order valence-electron chi connectivity index (χ0n) is 18.2. The Bertz CT molecular complexity index is 1120. The van der Waals surface area contributed by atoms with Crippen molar-refractivity contribution in [1.29, 1.82) is 5.26 Å². The number of aliphatic hydroxyl groups excluding tert-OH is 1. The van der Waals surface area contributed by atoms with Gasteiger partial charge in [0, 0.05) is 25.5 Å². The summed E-state index contributed by atoms with van der Waals surface area (Å²) in [6.07, 6.45) is 7.04. The molecule has 158 valence electrons. The summed E-state index contributed by atoms with van der Waals surface area (Å²) in [5.41, 5.74) is 8.28. The molecule has 0 amide bonds. The Morgan fingerprint density at radius 3 is 2.77 bits per heavy atom. The minimum Gasteiger partial charge on any atom is -0.392 e. The number of aromatic nitrogens is 2. The number of nitriles is 1. The number of benzene rings is 1. The second-order valence-electron chi connectivity index (χ2n) is 8.39. The van der Waals surface area contributed by atoms with E-state index in [4.69, 9.17) is 9.97 Å². The lowest BCUT2D eigenvalue weighted by molar-refractivity contribution is 0.153. The van der Waals surface area contributed by atoms with Gasteiger partial charge >= 0.3 is 0 Å². The van der Waals surface area contributed by atoms with E-state index in [2.05, 4.69) is 36.9 Å². The minimum absolute atomic E-state index is 0.0833. The molecule has 0 saturated carbocycles. The first kappa shape index (κ1) is 21.2. The smallest absolute Gasteiger partial charge is 0.0991 e. The molecule has 1 atom stereocenters. The van der Waals surface area contributed by atoms with Crippen LogP contribution in [0.15, 0.2) is 48.8 Å². The molecule has 0 bridgehead atoms. The zero-order valence-corrected chi connectivity index (χ0v) is 18.2. The Hall–Kier alpha value is -3.07. The molecule has 0 spiro atoms. The maximum Gasteiger partial charge on any atom is 0.0991 e. The van der Waals surface area contributed by atoms with E-state index in [1.807, 2.05) is 30.6 Å². The van der Waals surface area contributed by atoms with E-state index >= 15 is 0 Å². The number of fused-ring (bicyclic) bond motifs is 1. The highest BCUT2D eigenvalue weighted by molar-refractivity contribution is 5.38. The molecular weight excluding hydrogens is 384 g/mol. The molecule has 0 saturated heterocycles. The molecule has 2 aromatic heterocycles. The second-order valence-corrected chi connectivity index (χ2v) is 8.39. The molecule has 2 heterocycles. The van der Waals surface area contributed by atoms with Gasteiger partial charge in [-0.25, -0.2) is 0 Å². The summed E-state index contributed by atoms with van der Waals surface area (Å²) in [5, 5.41) is 19.2. The highest BCUT2D eigenvalue weighted by atomic mass is 16.3. The Labute approximate surface area is 184 Å². The number of aryl methyl sites for hydroxylation is 3. The van der Waals surface area contributed by atoms with Crippen LogP contribution in [0.25, 0.3) is 0 Å². The zero-order chi connectivity index (χ0) is 21.8. The van der Waals surface area contributed by atoms with Crippen molar-refractivity contribution in [3.05, 3.63) is 93.6 Å². The van der Waals surface area contributed by atoms with Crippen LogP contribution in [0.3, 0.4) is 0 Å². The largest absolute Gasteiger partial charge is 0.392 e. The average Bonchev–Trinajstić information content (AvgIpc) is 2.80. The van der Waals surface area contributed by atoms with Gasteiger partial charge in [0.15, 0.2) is 0 Å². The van der Waals surface area contributed by atoms with Crippen LogP contribution >= 0.6 is 0 Å². The van der Waals surface area contributed by atoms with Crippen LogP contribution < -0.4 is 0 Å². The van der Waals surface area contributed by atoms with Gasteiger partial charge in [-0.15, -0.1) is 0 Å². The third-order valence-corrected chi connectivity index (χ3v) is 6.16. The van der Waals surface area contributed by atoms with Gasteiger partial charge in [0.2, 0.25) is 0 Å². The molecule has 31 heavy (non-hydrogen) atoms. The highest BCUT2D eigenvalue weighted by Gasteiger charge is 2.28. The number of rotatable bonds is 6. The summed E-state index contributed by atoms with van der Waals surface area (Å²) in [6.45, 7) is 5.46. The van der Waals surface area contributed by atoms with E-state index in [9.17, 15) is 10.4 Å². The van der Waals surface area contributed by atoms with Crippen LogP contribution in [0.2, 0.25) is 0 Å². The molecular formula is C26H28N4O. The van der Waals surface area contributed by atoms with Gasteiger partial charge in [-0.3, -0.25) is 14.9 Å². The molecule has 3 aromatic rings. The van der Waals surface area contributed by atoms with Gasteiger partial charge < -0.3 is 5.11 Å². The lowest BCUT2D eigenvalue weighted by atomic mass is 9.90. The fourth-order valence-corrected chi connectivity index (χ4v) is 4.53. The molecule has 1 aromatic carbocycles. The third-order valence-electron chi connectivity index (χ3n) is 6.16. The van der Waals surface area contributed by atoms with Gasteiger partial charge in [0.25, 0.3) is 0 Å². The fraction of sp³-hybridized carbons (Fsp3) is 0.346. The van der Waals surface area contributed by atoms with Gasteiger partial charge in [0.05, 0.1) is 35.7 Å². The first-order valence-electron chi connectivity index (χ1n) is 10.8. The van der Waals surface area contributed by atoms with Gasteiger partial charge in [-0.05, 0) is 79.1 Å². The number of hydrogen-bond acceptors (Lipinski definition) is 5. The van der Waals surface area contributed by atoms with Crippen molar-refractivity contribution in [3.8, 4) is 6.07 Å². The van der Waals surface area contributed by atoms with Crippen LogP contribution in [0.1, 0.15) is 63.7 Å². The molecule has 0 fully saturated rings. The number of nitrogens with zero attached hydrogens (tertiary/aromatic N) is 4. The molecule has 5 nitrogen and oxygen atoms in total. The van der Waals surface area contributed by atoms with Crippen molar-refractivity contribution in [2.45, 2.75) is 58.8 Å². The number of hydrogen-bond donors (Lipinski definition) is 1. The minimum atomic E-state index is -0.0833. The van der Waals surface area contributed by atoms with Crippen molar-refractivity contribution >= 4 is 0 Å². The number of pyridine rings is 2. The third kappa shape index (κ3) is 4.66. The molecule has 1 unspecified atom stereocenters. The molecule has 1 aliphatic carbocycles. The van der Waals surface area contributed by atoms with Gasteiger partial charge in [-0.1, -0.05) is 18.2 Å². The van der Waals surface area contributed by atoms with Crippen molar-refractivity contribution in [1.82, 2.24) is 14.9 Å². The normalized spacial score (nSPS) is 15.5. The molecule has 1 N–H and O–H groups in total. The Morgan fingerprint density at radius 2 is 2.00 bits per heavy atom. The van der Waals surface area contributed by atoms with Crippen molar-refractivity contribution < 1.29 is 5.11 Å². The van der Waals surface area contributed by atoms with Gasteiger partial charge in [0.1, 0.15) is 0 Å². The molecule has 1 aliphatic rings. The van der Waals surface area contributed by atoms with Crippen molar-refractivity contribution in [2.24, 2.45) is 0 Å². The maximum atomic E-state index is 9.93. The van der Waals surface area contributed by atoms with Crippen LogP contribution in [-0.4, -0.2) is 20.0 Å². The van der Waals surface area contributed by atoms with Crippen LogP contribution in [0.5, 0.6) is 0 Å².